The van der Waals surface area contributed by atoms with Crippen LogP contribution >= 0.6 is 0 Å². The minimum Gasteiger partial charge on any atom is -0.352 e. The van der Waals surface area contributed by atoms with Crippen LogP contribution in [-0.4, -0.2) is 20.2 Å². The highest BCUT2D eigenvalue weighted by Crippen LogP contribution is 2.28. The Labute approximate surface area is 157 Å². The number of benzene rings is 2. The number of halogens is 1. The Morgan fingerprint density at radius 1 is 1.19 bits per heavy atom. The first-order valence-corrected chi connectivity index (χ1v) is 9.98. The lowest BCUT2D eigenvalue weighted by Gasteiger charge is -2.20. The molecule has 0 bridgehead atoms. The van der Waals surface area contributed by atoms with Gasteiger partial charge in [0.1, 0.15) is 16.5 Å². The monoisotopic (exact) mass is 389 g/mol. The van der Waals surface area contributed by atoms with E-state index in [0.29, 0.717) is 24.5 Å². The van der Waals surface area contributed by atoms with Crippen LogP contribution in [0.4, 0.5) is 10.1 Å². The average molecular weight is 389 g/mol. The predicted octanol–water partition coefficient (Wildman–Crippen LogP) is 3.07. The second-order valence-corrected chi connectivity index (χ2v) is 8.12. The van der Waals surface area contributed by atoms with Crippen molar-refractivity contribution in [2.75, 3.05) is 5.32 Å². The van der Waals surface area contributed by atoms with Crippen LogP contribution in [0.3, 0.4) is 0 Å². The van der Waals surface area contributed by atoms with Crippen molar-refractivity contribution in [3.63, 3.8) is 0 Å². The van der Waals surface area contributed by atoms with Crippen molar-refractivity contribution in [3.8, 4) is 0 Å². The van der Waals surface area contributed by atoms with E-state index < -0.39 is 10.0 Å². The van der Waals surface area contributed by atoms with Gasteiger partial charge in [0.25, 0.3) is 10.0 Å². The number of amidine groups is 1. The highest BCUT2D eigenvalue weighted by atomic mass is 32.2. The first-order valence-electron chi connectivity index (χ1n) is 8.54. The molecule has 0 saturated heterocycles. The molecule has 0 aliphatic carbocycles. The van der Waals surface area contributed by atoms with Gasteiger partial charge in [0.05, 0.1) is 5.69 Å². The van der Waals surface area contributed by atoms with Crippen molar-refractivity contribution in [3.05, 3.63) is 59.9 Å². The van der Waals surface area contributed by atoms with E-state index in [-0.39, 0.29) is 29.0 Å². The molecule has 2 aromatic rings. The number of carbonyl (C=O) groups is 1. The zero-order valence-electron chi connectivity index (χ0n) is 14.8. The Morgan fingerprint density at radius 2 is 1.89 bits per heavy atom. The fraction of sp³-hybridized carbons (Fsp3) is 0.263. The molecule has 1 atom stereocenters. The Bertz CT molecular complexity index is 972. The Morgan fingerprint density at radius 3 is 2.63 bits per heavy atom. The second-order valence-electron chi connectivity index (χ2n) is 6.55. The lowest BCUT2D eigenvalue weighted by molar-refractivity contribution is -0.122. The molecule has 0 unspecified atom stereocenters. The molecule has 6 nitrogen and oxygen atoms in total. The SMILES string of the molecule is C[C@@H](CC(=O)NCc1ccc(F)cc1)CC1=NS(=O)(=O)c2ccccc2N1. The zero-order valence-corrected chi connectivity index (χ0v) is 15.6. The minimum atomic E-state index is -3.72. The van der Waals surface area contributed by atoms with Gasteiger partial charge in [-0.05, 0) is 35.7 Å². The number of fused-ring (bicyclic) bond motifs is 1. The summed E-state index contributed by atoms with van der Waals surface area (Å²) in [7, 11) is -3.72. The third-order valence-electron chi connectivity index (χ3n) is 4.15. The van der Waals surface area contributed by atoms with Crippen molar-refractivity contribution in [2.24, 2.45) is 10.3 Å². The average Bonchev–Trinajstić information content (AvgIpc) is 2.60. The number of sulfonamides is 1. The van der Waals surface area contributed by atoms with E-state index in [1.807, 2.05) is 6.92 Å². The zero-order chi connectivity index (χ0) is 19.4. The molecule has 1 aliphatic rings. The van der Waals surface area contributed by atoms with Crippen LogP contribution < -0.4 is 10.6 Å². The van der Waals surface area contributed by atoms with E-state index in [9.17, 15) is 17.6 Å². The standard InChI is InChI=1S/C19H20FN3O3S/c1-13(11-19(24)21-12-14-6-8-15(20)9-7-14)10-18-22-16-4-2-3-5-17(16)27(25,26)23-18/h2-9,13H,10-12H2,1H3,(H,21,24)(H,22,23)/t13-/m1/s1. The molecule has 0 saturated carbocycles. The molecule has 0 radical (unpaired) electrons. The molecule has 142 valence electrons. The van der Waals surface area contributed by atoms with Crippen molar-refractivity contribution in [2.45, 2.75) is 31.2 Å². The molecule has 0 aromatic heterocycles. The van der Waals surface area contributed by atoms with Gasteiger partial charge in [-0.3, -0.25) is 4.79 Å². The summed E-state index contributed by atoms with van der Waals surface area (Å²) >= 11 is 0. The van der Waals surface area contributed by atoms with E-state index >= 15 is 0 Å². The number of carbonyl (C=O) groups excluding carboxylic acids is 1. The quantitative estimate of drug-likeness (QED) is 0.795. The Kier molecular flexibility index (Phi) is 5.55. The molecular formula is C19H20FN3O3S. The number of hydrogen-bond donors (Lipinski definition) is 2. The summed E-state index contributed by atoms with van der Waals surface area (Å²) in [5.41, 5.74) is 1.30. The maximum absolute atomic E-state index is 12.9. The van der Waals surface area contributed by atoms with Gasteiger partial charge in [-0.15, -0.1) is 4.40 Å². The maximum Gasteiger partial charge on any atom is 0.286 e. The van der Waals surface area contributed by atoms with E-state index in [4.69, 9.17) is 0 Å². The van der Waals surface area contributed by atoms with Gasteiger partial charge in [-0.1, -0.05) is 31.2 Å². The van der Waals surface area contributed by atoms with Crippen LogP contribution in [0.1, 0.15) is 25.3 Å². The second kappa shape index (κ2) is 7.87. The topological polar surface area (TPSA) is 87.6 Å². The number of nitrogens with zero attached hydrogens (tertiary/aromatic N) is 1. The van der Waals surface area contributed by atoms with Crippen molar-refractivity contribution < 1.29 is 17.6 Å². The molecule has 0 fully saturated rings. The minimum absolute atomic E-state index is 0.107. The largest absolute Gasteiger partial charge is 0.352 e. The van der Waals surface area contributed by atoms with Gasteiger partial charge in [0.15, 0.2) is 0 Å². The Hall–Kier alpha value is -2.74. The summed E-state index contributed by atoms with van der Waals surface area (Å²) in [6.07, 6.45) is 0.557. The summed E-state index contributed by atoms with van der Waals surface area (Å²) < 4.78 is 41.2. The van der Waals surface area contributed by atoms with Crippen LogP contribution in [0.5, 0.6) is 0 Å². The predicted molar refractivity (Wildman–Crippen MR) is 101 cm³/mol. The summed E-state index contributed by atoms with van der Waals surface area (Å²) in [4.78, 5) is 12.2. The fourth-order valence-corrected chi connectivity index (χ4v) is 4.01. The van der Waals surface area contributed by atoms with Crippen molar-refractivity contribution in [1.29, 1.82) is 0 Å². The molecule has 1 aliphatic heterocycles. The van der Waals surface area contributed by atoms with Gasteiger partial charge in [0, 0.05) is 19.4 Å². The van der Waals surface area contributed by atoms with E-state index in [0.717, 1.165) is 5.56 Å². The number of hydrogen-bond acceptors (Lipinski definition) is 4. The highest BCUT2D eigenvalue weighted by Gasteiger charge is 2.25. The number of anilines is 1. The van der Waals surface area contributed by atoms with Crippen LogP contribution in [0.2, 0.25) is 0 Å². The fourth-order valence-electron chi connectivity index (χ4n) is 2.85. The highest BCUT2D eigenvalue weighted by molar-refractivity contribution is 7.90. The van der Waals surface area contributed by atoms with Gasteiger partial charge < -0.3 is 10.6 Å². The number of nitrogens with one attached hydrogen (secondary N) is 2. The smallest absolute Gasteiger partial charge is 0.286 e. The number of para-hydroxylation sites is 1. The summed E-state index contributed by atoms with van der Waals surface area (Å²) in [5, 5.41) is 5.80. The lowest BCUT2D eigenvalue weighted by Crippen LogP contribution is -2.27. The molecule has 2 N–H and O–H groups in total. The lowest BCUT2D eigenvalue weighted by atomic mass is 10.0. The van der Waals surface area contributed by atoms with Crippen LogP contribution in [0.25, 0.3) is 0 Å². The molecule has 1 heterocycles. The van der Waals surface area contributed by atoms with E-state index in [1.54, 1.807) is 30.3 Å². The first-order chi connectivity index (χ1) is 12.8. The molecule has 1 amide bonds. The summed E-state index contributed by atoms with van der Waals surface area (Å²) in [6.45, 7) is 2.17. The van der Waals surface area contributed by atoms with Gasteiger partial charge in [-0.2, -0.15) is 8.42 Å². The van der Waals surface area contributed by atoms with E-state index in [1.165, 1.54) is 18.2 Å². The van der Waals surface area contributed by atoms with Crippen LogP contribution in [0, 0.1) is 11.7 Å². The number of amides is 1. The van der Waals surface area contributed by atoms with Crippen LogP contribution in [0.15, 0.2) is 57.8 Å². The first kappa shape index (κ1) is 19.0. The van der Waals surface area contributed by atoms with Crippen LogP contribution in [-0.2, 0) is 21.4 Å². The van der Waals surface area contributed by atoms with Crippen molar-refractivity contribution in [1.82, 2.24) is 5.32 Å². The maximum atomic E-state index is 12.9. The van der Waals surface area contributed by atoms with Gasteiger partial charge >= 0.3 is 0 Å². The van der Waals surface area contributed by atoms with Crippen molar-refractivity contribution >= 4 is 27.5 Å². The molecule has 0 spiro atoms. The molecule has 8 heteroatoms. The normalized spacial score (nSPS) is 15.9. The molecular weight excluding hydrogens is 369 g/mol. The molecule has 3 rings (SSSR count). The summed E-state index contributed by atoms with van der Waals surface area (Å²) in [6, 6.07) is 12.5. The summed E-state index contributed by atoms with van der Waals surface area (Å²) in [5.74, 6) is -0.264. The molecule has 2 aromatic carbocycles. The van der Waals surface area contributed by atoms with Gasteiger partial charge in [0.2, 0.25) is 5.91 Å². The third-order valence-corrected chi connectivity index (χ3v) is 5.53. The Balaban J connectivity index is 1.55. The van der Waals surface area contributed by atoms with Gasteiger partial charge in [-0.25, -0.2) is 4.39 Å². The molecule has 27 heavy (non-hydrogen) atoms. The van der Waals surface area contributed by atoms with E-state index in [2.05, 4.69) is 15.0 Å². The number of rotatable bonds is 6. The third kappa shape index (κ3) is 4.91.